The molecule has 0 aliphatic carbocycles. The van der Waals surface area contributed by atoms with Gasteiger partial charge in [-0.15, -0.1) is 0 Å². The molecule has 1 N–H and O–H groups in total. The lowest BCUT2D eigenvalue weighted by Gasteiger charge is -2.11. The first-order chi connectivity index (χ1) is 9.79. The molecule has 0 unspecified atom stereocenters. The number of anilines is 1. The summed E-state index contributed by atoms with van der Waals surface area (Å²) in [6, 6.07) is 9.06. The molecule has 6 nitrogen and oxygen atoms in total. The van der Waals surface area contributed by atoms with E-state index in [4.69, 9.17) is 9.47 Å². The maximum Gasteiger partial charge on any atom is 0.316 e. The lowest BCUT2D eigenvalue weighted by atomic mass is 10.3. The van der Waals surface area contributed by atoms with Crippen LogP contribution in [0.25, 0.3) is 0 Å². The third-order valence-electron chi connectivity index (χ3n) is 2.34. The topological polar surface area (TPSA) is 73.3 Å². The van der Waals surface area contributed by atoms with E-state index in [2.05, 4.69) is 15.3 Å². The van der Waals surface area contributed by atoms with Crippen LogP contribution in [-0.2, 0) is 4.79 Å². The largest absolute Gasteiger partial charge is 0.492 e. The minimum atomic E-state index is -0.301. The second kappa shape index (κ2) is 7.08. The van der Waals surface area contributed by atoms with Gasteiger partial charge in [0.15, 0.2) is 6.61 Å². The molecule has 2 aromatic rings. The fourth-order valence-corrected chi connectivity index (χ4v) is 1.53. The summed E-state index contributed by atoms with van der Waals surface area (Å²) in [5.74, 6) is 0.323. The van der Waals surface area contributed by atoms with E-state index < -0.39 is 0 Å². The first-order valence-corrected chi connectivity index (χ1v) is 6.21. The summed E-state index contributed by atoms with van der Waals surface area (Å²) in [5, 5.41) is 2.72. The number of nitrogens with zero attached hydrogens (tertiary/aromatic N) is 2. The number of aromatic nitrogens is 2. The molecule has 0 spiro atoms. The van der Waals surface area contributed by atoms with Crippen molar-refractivity contribution in [3.63, 3.8) is 0 Å². The highest BCUT2D eigenvalue weighted by molar-refractivity contribution is 5.93. The molecule has 0 atom stereocenters. The number of amides is 1. The fourth-order valence-electron chi connectivity index (χ4n) is 1.53. The standard InChI is InChI=1S/C14H15N3O3/c1-2-19-12-7-4-3-6-11(12)17-13(18)10-20-14-15-8-5-9-16-14/h3-9H,2,10H2,1H3,(H,17,18). The minimum Gasteiger partial charge on any atom is -0.492 e. The molecule has 2 rings (SSSR count). The third kappa shape index (κ3) is 3.94. The van der Waals surface area contributed by atoms with Crippen molar-refractivity contribution in [2.75, 3.05) is 18.5 Å². The van der Waals surface area contributed by atoms with E-state index in [1.807, 2.05) is 19.1 Å². The summed E-state index contributed by atoms with van der Waals surface area (Å²) in [5.41, 5.74) is 0.608. The zero-order chi connectivity index (χ0) is 14.2. The lowest BCUT2D eigenvalue weighted by molar-refractivity contribution is -0.118. The number of hydrogen-bond acceptors (Lipinski definition) is 5. The molecule has 20 heavy (non-hydrogen) atoms. The van der Waals surface area contributed by atoms with Gasteiger partial charge in [0.2, 0.25) is 0 Å². The van der Waals surface area contributed by atoms with Gasteiger partial charge >= 0.3 is 6.01 Å². The Hall–Kier alpha value is -2.63. The Labute approximate surface area is 116 Å². The average molecular weight is 273 g/mol. The van der Waals surface area contributed by atoms with E-state index in [0.717, 1.165) is 0 Å². The number of ether oxygens (including phenoxy) is 2. The van der Waals surface area contributed by atoms with Gasteiger partial charge in [-0.05, 0) is 25.1 Å². The molecular weight excluding hydrogens is 258 g/mol. The van der Waals surface area contributed by atoms with Crippen molar-refractivity contribution in [2.45, 2.75) is 6.92 Å². The predicted octanol–water partition coefficient (Wildman–Crippen LogP) is 1.89. The number of benzene rings is 1. The minimum absolute atomic E-state index is 0.162. The molecule has 0 aliphatic rings. The van der Waals surface area contributed by atoms with Crippen molar-refractivity contribution in [1.82, 2.24) is 9.97 Å². The Morgan fingerprint density at radius 2 is 1.90 bits per heavy atom. The van der Waals surface area contributed by atoms with Crippen molar-refractivity contribution in [1.29, 1.82) is 0 Å². The number of carbonyl (C=O) groups excluding carboxylic acids is 1. The molecule has 1 amide bonds. The highest BCUT2D eigenvalue weighted by atomic mass is 16.5. The normalized spacial score (nSPS) is 9.85. The average Bonchev–Trinajstić information content (AvgIpc) is 2.49. The number of rotatable bonds is 6. The maximum atomic E-state index is 11.8. The van der Waals surface area contributed by atoms with E-state index in [9.17, 15) is 4.79 Å². The van der Waals surface area contributed by atoms with E-state index in [0.29, 0.717) is 18.0 Å². The van der Waals surface area contributed by atoms with Gasteiger partial charge in [-0.1, -0.05) is 12.1 Å². The van der Waals surface area contributed by atoms with Gasteiger partial charge < -0.3 is 14.8 Å². The maximum absolute atomic E-state index is 11.8. The van der Waals surface area contributed by atoms with Gasteiger partial charge in [0, 0.05) is 12.4 Å². The molecule has 6 heteroatoms. The van der Waals surface area contributed by atoms with Crippen molar-refractivity contribution in [3.8, 4) is 11.8 Å². The molecule has 104 valence electrons. The summed E-state index contributed by atoms with van der Waals surface area (Å²) >= 11 is 0. The van der Waals surface area contributed by atoms with Gasteiger partial charge in [-0.25, -0.2) is 9.97 Å². The van der Waals surface area contributed by atoms with Crippen molar-refractivity contribution in [2.24, 2.45) is 0 Å². The number of hydrogen-bond donors (Lipinski definition) is 1. The lowest BCUT2D eigenvalue weighted by Crippen LogP contribution is -2.21. The summed E-state index contributed by atoms with van der Waals surface area (Å²) in [6.45, 7) is 2.25. The molecule has 0 saturated carbocycles. The van der Waals surface area contributed by atoms with Crippen LogP contribution < -0.4 is 14.8 Å². The van der Waals surface area contributed by atoms with Crippen LogP contribution in [0.4, 0.5) is 5.69 Å². The smallest absolute Gasteiger partial charge is 0.316 e. The van der Waals surface area contributed by atoms with Crippen LogP contribution in [0.5, 0.6) is 11.8 Å². The third-order valence-corrected chi connectivity index (χ3v) is 2.34. The number of carbonyl (C=O) groups is 1. The molecule has 0 radical (unpaired) electrons. The predicted molar refractivity (Wildman–Crippen MR) is 73.8 cm³/mol. The van der Waals surface area contributed by atoms with Gasteiger partial charge in [0.1, 0.15) is 5.75 Å². The Morgan fingerprint density at radius 1 is 1.15 bits per heavy atom. The molecule has 0 aliphatic heterocycles. The number of para-hydroxylation sites is 2. The summed E-state index contributed by atoms with van der Waals surface area (Å²) in [4.78, 5) is 19.5. The van der Waals surface area contributed by atoms with Crippen molar-refractivity contribution < 1.29 is 14.3 Å². The fraction of sp³-hybridized carbons (Fsp3) is 0.214. The van der Waals surface area contributed by atoms with Crippen molar-refractivity contribution in [3.05, 3.63) is 42.7 Å². The van der Waals surface area contributed by atoms with Crippen LogP contribution in [0.2, 0.25) is 0 Å². The quantitative estimate of drug-likeness (QED) is 0.870. The van der Waals surface area contributed by atoms with Gasteiger partial charge in [-0.3, -0.25) is 4.79 Å². The van der Waals surface area contributed by atoms with Gasteiger partial charge in [0.05, 0.1) is 12.3 Å². The first-order valence-electron chi connectivity index (χ1n) is 6.21. The second-order valence-corrected chi connectivity index (χ2v) is 3.80. The molecule has 1 aromatic carbocycles. The molecule has 1 heterocycles. The number of nitrogens with one attached hydrogen (secondary N) is 1. The van der Waals surface area contributed by atoms with Crippen LogP contribution in [0.3, 0.4) is 0 Å². The zero-order valence-electron chi connectivity index (χ0n) is 11.1. The van der Waals surface area contributed by atoms with Crippen LogP contribution >= 0.6 is 0 Å². The Balaban J connectivity index is 1.91. The van der Waals surface area contributed by atoms with Crippen LogP contribution in [0.1, 0.15) is 6.92 Å². The second-order valence-electron chi connectivity index (χ2n) is 3.80. The Morgan fingerprint density at radius 3 is 2.65 bits per heavy atom. The highest BCUT2D eigenvalue weighted by Crippen LogP contribution is 2.23. The van der Waals surface area contributed by atoms with E-state index in [1.54, 1.807) is 30.6 Å². The van der Waals surface area contributed by atoms with E-state index in [1.165, 1.54) is 0 Å². The molecule has 0 fully saturated rings. The van der Waals surface area contributed by atoms with Gasteiger partial charge in [-0.2, -0.15) is 0 Å². The monoisotopic (exact) mass is 273 g/mol. The van der Waals surface area contributed by atoms with Crippen LogP contribution in [0, 0.1) is 0 Å². The SMILES string of the molecule is CCOc1ccccc1NC(=O)COc1ncccn1. The molecule has 1 aromatic heterocycles. The van der Waals surface area contributed by atoms with Crippen LogP contribution in [0.15, 0.2) is 42.7 Å². The molecule has 0 bridgehead atoms. The van der Waals surface area contributed by atoms with Crippen LogP contribution in [-0.4, -0.2) is 29.1 Å². The first kappa shape index (κ1) is 13.8. The molecular formula is C14H15N3O3. The summed E-state index contributed by atoms with van der Waals surface area (Å²) in [6.07, 6.45) is 3.09. The highest BCUT2D eigenvalue weighted by Gasteiger charge is 2.08. The van der Waals surface area contributed by atoms with E-state index >= 15 is 0 Å². The van der Waals surface area contributed by atoms with Crippen molar-refractivity contribution >= 4 is 11.6 Å². The molecule has 0 saturated heterocycles. The Kier molecular flexibility index (Phi) is 4.88. The zero-order valence-corrected chi connectivity index (χ0v) is 11.1. The van der Waals surface area contributed by atoms with E-state index in [-0.39, 0.29) is 18.5 Å². The summed E-state index contributed by atoms with van der Waals surface area (Å²) in [7, 11) is 0. The summed E-state index contributed by atoms with van der Waals surface area (Å²) < 4.78 is 10.6. The van der Waals surface area contributed by atoms with Gasteiger partial charge in [0.25, 0.3) is 5.91 Å². The Bertz CT molecular complexity index is 561.